The lowest BCUT2D eigenvalue weighted by molar-refractivity contribution is -0.160. The Bertz CT molecular complexity index is 448. The van der Waals surface area contributed by atoms with Gasteiger partial charge >= 0.3 is 0 Å². The molecule has 2 fully saturated rings. The molecular formula is C13H21N3O3S. The van der Waals surface area contributed by atoms with Crippen molar-refractivity contribution in [2.24, 2.45) is 0 Å². The van der Waals surface area contributed by atoms with Gasteiger partial charge in [-0.3, -0.25) is 0 Å². The second kappa shape index (κ2) is 5.93. The van der Waals surface area contributed by atoms with Crippen LogP contribution in [0, 0.1) is 0 Å². The summed E-state index contributed by atoms with van der Waals surface area (Å²) >= 11 is 1.43. The van der Waals surface area contributed by atoms with Crippen molar-refractivity contribution in [1.82, 2.24) is 9.36 Å². The molecule has 2 aliphatic rings. The highest BCUT2D eigenvalue weighted by Crippen LogP contribution is 2.33. The molecule has 0 radical (unpaired) electrons. The van der Waals surface area contributed by atoms with Crippen LogP contribution in [0.25, 0.3) is 0 Å². The summed E-state index contributed by atoms with van der Waals surface area (Å²) in [6.45, 7) is 5.78. The normalized spacial score (nSPS) is 30.9. The Balaban J connectivity index is 1.74. The molecule has 0 N–H and O–H groups in total. The molecule has 3 rings (SSSR count). The molecule has 3 heterocycles. The Hall–Kier alpha value is -0.760. The molecule has 2 unspecified atom stereocenters. The van der Waals surface area contributed by atoms with Crippen LogP contribution in [0.5, 0.6) is 0 Å². The van der Waals surface area contributed by atoms with Crippen molar-refractivity contribution in [1.29, 1.82) is 0 Å². The van der Waals surface area contributed by atoms with Crippen LogP contribution in [-0.2, 0) is 20.8 Å². The molecule has 2 saturated heterocycles. The van der Waals surface area contributed by atoms with E-state index in [-0.39, 0.29) is 11.7 Å². The van der Waals surface area contributed by atoms with E-state index in [1.54, 1.807) is 7.11 Å². The van der Waals surface area contributed by atoms with E-state index in [4.69, 9.17) is 14.2 Å². The molecule has 6 nitrogen and oxygen atoms in total. The number of anilines is 1. The Kier molecular flexibility index (Phi) is 4.21. The van der Waals surface area contributed by atoms with E-state index in [9.17, 15) is 0 Å². The minimum atomic E-state index is -0.178. The van der Waals surface area contributed by atoms with Gasteiger partial charge in [0.15, 0.2) is 5.82 Å². The van der Waals surface area contributed by atoms with Crippen molar-refractivity contribution in [3.05, 3.63) is 5.82 Å². The Morgan fingerprint density at radius 1 is 1.55 bits per heavy atom. The fraction of sp³-hybridized carbons (Fsp3) is 0.846. The standard InChI is InChI=1S/C13H21N3O3S/c1-10-6-16(12-14-11(7-17-2)15-20-12)8-13(19-10)4-3-5-18-9-13/h10H,3-9H2,1-2H3. The predicted molar refractivity (Wildman–Crippen MR) is 76.2 cm³/mol. The van der Waals surface area contributed by atoms with Gasteiger partial charge in [-0.15, -0.1) is 0 Å². The first-order chi connectivity index (χ1) is 9.71. The zero-order chi connectivity index (χ0) is 14.0. The van der Waals surface area contributed by atoms with Gasteiger partial charge in [0.05, 0.1) is 19.3 Å². The number of hydrogen-bond donors (Lipinski definition) is 0. The monoisotopic (exact) mass is 299 g/mol. The highest BCUT2D eigenvalue weighted by molar-refractivity contribution is 7.09. The topological polar surface area (TPSA) is 56.7 Å². The molecule has 0 bridgehead atoms. The Morgan fingerprint density at radius 3 is 3.20 bits per heavy atom. The number of aromatic nitrogens is 2. The van der Waals surface area contributed by atoms with E-state index >= 15 is 0 Å². The number of methoxy groups -OCH3 is 1. The summed E-state index contributed by atoms with van der Waals surface area (Å²) in [6, 6.07) is 0. The van der Waals surface area contributed by atoms with Crippen LogP contribution >= 0.6 is 11.5 Å². The van der Waals surface area contributed by atoms with E-state index in [0.29, 0.717) is 13.2 Å². The molecule has 2 atom stereocenters. The largest absolute Gasteiger partial charge is 0.378 e. The summed E-state index contributed by atoms with van der Waals surface area (Å²) < 4.78 is 21.2. The van der Waals surface area contributed by atoms with Gasteiger partial charge in [0.1, 0.15) is 12.2 Å². The lowest BCUT2D eigenvalue weighted by Crippen LogP contribution is -2.58. The molecule has 1 aromatic heterocycles. The summed E-state index contributed by atoms with van der Waals surface area (Å²) in [4.78, 5) is 6.83. The summed E-state index contributed by atoms with van der Waals surface area (Å²) in [6.07, 6.45) is 2.30. The number of morpholine rings is 1. The highest BCUT2D eigenvalue weighted by atomic mass is 32.1. The number of ether oxygens (including phenoxy) is 3. The quantitative estimate of drug-likeness (QED) is 0.842. The molecule has 1 aromatic rings. The summed E-state index contributed by atoms with van der Waals surface area (Å²) in [5.41, 5.74) is -0.178. The maximum Gasteiger partial charge on any atom is 0.205 e. The first kappa shape index (κ1) is 14.2. The van der Waals surface area contributed by atoms with Crippen LogP contribution in [-0.4, -0.2) is 54.5 Å². The summed E-state index contributed by atoms with van der Waals surface area (Å²) in [5.74, 6) is 0.751. The third kappa shape index (κ3) is 2.95. The zero-order valence-electron chi connectivity index (χ0n) is 12.0. The molecule has 0 aromatic carbocycles. The van der Waals surface area contributed by atoms with E-state index in [2.05, 4.69) is 21.2 Å². The van der Waals surface area contributed by atoms with Crippen molar-refractivity contribution in [2.45, 2.75) is 38.1 Å². The van der Waals surface area contributed by atoms with Crippen molar-refractivity contribution in [3.63, 3.8) is 0 Å². The van der Waals surface area contributed by atoms with Gasteiger partial charge in [-0.25, -0.2) is 4.98 Å². The third-order valence-electron chi connectivity index (χ3n) is 3.70. The first-order valence-electron chi connectivity index (χ1n) is 7.03. The van der Waals surface area contributed by atoms with Crippen LogP contribution in [0.2, 0.25) is 0 Å². The van der Waals surface area contributed by atoms with E-state index < -0.39 is 0 Å². The van der Waals surface area contributed by atoms with Crippen molar-refractivity contribution in [2.75, 3.05) is 38.3 Å². The van der Waals surface area contributed by atoms with Gasteiger partial charge < -0.3 is 19.1 Å². The van der Waals surface area contributed by atoms with E-state index in [1.807, 2.05) is 0 Å². The van der Waals surface area contributed by atoms with Crippen LogP contribution in [0.4, 0.5) is 5.13 Å². The molecule has 112 valence electrons. The first-order valence-corrected chi connectivity index (χ1v) is 7.80. The molecule has 0 saturated carbocycles. The average molecular weight is 299 g/mol. The van der Waals surface area contributed by atoms with E-state index in [0.717, 1.165) is 43.5 Å². The highest BCUT2D eigenvalue weighted by Gasteiger charge is 2.42. The molecule has 1 spiro atoms. The average Bonchev–Trinajstić information content (AvgIpc) is 2.88. The van der Waals surface area contributed by atoms with Crippen molar-refractivity contribution >= 4 is 16.7 Å². The molecule has 7 heteroatoms. The second-order valence-corrected chi connectivity index (χ2v) is 6.30. The van der Waals surface area contributed by atoms with Gasteiger partial charge in [0.2, 0.25) is 5.13 Å². The maximum atomic E-state index is 6.19. The SMILES string of the molecule is COCc1nsc(N2CC(C)OC3(CCCOC3)C2)n1. The minimum absolute atomic E-state index is 0.178. The second-order valence-electron chi connectivity index (χ2n) is 5.57. The molecule has 0 amide bonds. The molecule has 2 aliphatic heterocycles. The lowest BCUT2D eigenvalue weighted by Gasteiger charge is -2.47. The minimum Gasteiger partial charge on any atom is -0.378 e. The third-order valence-corrected chi connectivity index (χ3v) is 4.51. The summed E-state index contributed by atoms with van der Waals surface area (Å²) in [7, 11) is 1.66. The summed E-state index contributed by atoms with van der Waals surface area (Å²) in [5, 5.41) is 0.956. The predicted octanol–water partition coefficient (Wildman–Crippen LogP) is 1.46. The maximum absolute atomic E-state index is 6.19. The lowest BCUT2D eigenvalue weighted by atomic mass is 9.93. The van der Waals surface area contributed by atoms with Gasteiger partial charge in [0, 0.05) is 31.8 Å². The van der Waals surface area contributed by atoms with Crippen molar-refractivity contribution < 1.29 is 14.2 Å². The Labute approximate surface area is 123 Å². The van der Waals surface area contributed by atoms with Gasteiger partial charge in [-0.2, -0.15) is 4.37 Å². The fourth-order valence-corrected chi connectivity index (χ4v) is 3.66. The van der Waals surface area contributed by atoms with Gasteiger partial charge in [-0.05, 0) is 19.8 Å². The van der Waals surface area contributed by atoms with Gasteiger partial charge in [-0.1, -0.05) is 0 Å². The number of nitrogens with zero attached hydrogens (tertiary/aromatic N) is 3. The Morgan fingerprint density at radius 2 is 2.45 bits per heavy atom. The molecule has 0 aliphatic carbocycles. The van der Waals surface area contributed by atoms with Crippen LogP contribution in [0.1, 0.15) is 25.6 Å². The van der Waals surface area contributed by atoms with Crippen molar-refractivity contribution in [3.8, 4) is 0 Å². The van der Waals surface area contributed by atoms with Crippen LogP contribution in [0.3, 0.4) is 0 Å². The number of rotatable bonds is 3. The number of hydrogen-bond acceptors (Lipinski definition) is 7. The van der Waals surface area contributed by atoms with Crippen LogP contribution < -0.4 is 4.90 Å². The molecular weight excluding hydrogens is 278 g/mol. The molecule has 20 heavy (non-hydrogen) atoms. The fourth-order valence-electron chi connectivity index (χ4n) is 2.98. The smallest absolute Gasteiger partial charge is 0.205 e. The zero-order valence-corrected chi connectivity index (χ0v) is 12.8. The van der Waals surface area contributed by atoms with E-state index in [1.165, 1.54) is 11.5 Å². The van der Waals surface area contributed by atoms with Gasteiger partial charge in [0.25, 0.3) is 0 Å². The van der Waals surface area contributed by atoms with Crippen LogP contribution in [0.15, 0.2) is 0 Å².